The molecule has 1 aliphatic carbocycles. The zero-order chi connectivity index (χ0) is 16.1. The average molecular weight is 319 g/mol. The molecule has 0 radical (unpaired) electrons. The number of H-pyrrole nitrogens is 1. The molecule has 1 heterocycles. The normalized spacial score (nSPS) is 14.7. The summed E-state index contributed by atoms with van der Waals surface area (Å²) in [6, 6.07) is 6.29. The van der Waals surface area contributed by atoms with Crippen LogP contribution < -0.4 is 5.32 Å². The van der Waals surface area contributed by atoms with Crippen LogP contribution in [0.3, 0.4) is 0 Å². The van der Waals surface area contributed by atoms with Crippen molar-refractivity contribution in [1.29, 1.82) is 0 Å². The molecule has 1 aromatic carbocycles. The number of nitrogens with one attached hydrogen (secondary N) is 2. The fourth-order valence-corrected chi connectivity index (χ4v) is 3.22. The molecule has 120 valence electrons. The van der Waals surface area contributed by atoms with Gasteiger partial charge in [-0.3, -0.25) is 0 Å². The molecule has 3 heteroatoms. The SMILES string of the molecule is C=C(NCc1cc2cc(Cl)c(C)cc2[nH]1)C1CCCC1.CC. The number of fused-ring (bicyclic) bond motifs is 1. The van der Waals surface area contributed by atoms with Crippen LogP contribution in [0.2, 0.25) is 5.02 Å². The first-order chi connectivity index (χ1) is 10.6. The van der Waals surface area contributed by atoms with E-state index in [4.69, 9.17) is 11.6 Å². The molecule has 2 aromatic rings. The maximum Gasteiger partial charge on any atom is 0.0548 e. The summed E-state index contributed by atoms with van der Waals surface area (Å²) in [5.41, 5.74) is 4.63. The Hall–Kier alpha value is -1.41. The van der Waals surface area contributed by atoms with Crippen LogP contribution in [0.15, 0.2) is 30.5 Å². The Morgan fingerprint density at radius 3 is 2.64 bits per heavy atom. The third-order valence-electron chi connectivity index (χ3n) is 4.31. The minimum Gasteiger partial charge on any atom is -0.383 e. The molecule has 0 aliphatic heterocycles. The minimum absolute atomic E-state index is 0.663. The summed E-state index contributed by atoms with van der Waals surface area (Å²) in [7, 11) is 0. The van der Waals surface area contributed by atoms with Gasteiger partial charge in [0.2, 0.25) is 0 Å². The lowest BCUT2D eigenvalue weighted by atomic mass is 10.1. The molecule has 1 saturated carbocycles. The summed E-state index contributed by atoms with van der Waals surface area (Å²) >= 11 is 6.17. The number of benzene rings is 1. The Morgan fingerprint density at radius 1 is 1.27 bits per heavy atom. The first-order valence-corrected chi connectivity index (χ1v) is 8.71. The summed E-state index contributed by atoms with van der Waals surface area (Å²) in [6.45, 7) is 11.0. The fourth-order valence-electron chi connectivity index (χ4n) is 3.04. The molecule has 0 unspecified atom stereocenters. The van der Waals surface area contributed by atoms with E-state index in [1.807, 2.05) is 26.8 Å². The zero-order valence-corrected chi connectivity index (χ0v) is 14.7. The van der Waals surface area contributed by atoms with Crippen molar-refractivity contribution in [3.8, 4) is 0 Å². The van der Waals surface area contributed by atoms with E-state index in [0.717, 1.165) is 22.6 Å². The Morgan fingerprint density at radius 2 is 1.95 bits per heavy atom. The predicted octanol–water partition coefficient (Wildman–Crippen LogP) is 5.95. The van der Waals surface area contributed by atoms with Crippen LogP contribution in [-0.4, -0.2) is 4.98 Å². The van der Waals surface area contributed by atoms with E-state index in [9.17, 15) is 0 Å². The van der Waals surface area contributed by atoms with Gasteiger partial charge in [0.05, 0.1) is 6.54 Å². The van der Waals surface area contributed by atoms with Crippen LogP contribution in [0, 0.1) is 12.8 Å². The van der Waals surface area contributed by atoms with E-state index >= 15 is 0 Å². The van der Waals surface area contributed by atoms with Crippen LogP contribution >= 0.6 is 11.6 Å². The van der Waals surface area contributed by atoms with Gasteiger partial charge in [0.1, 0.15) is 0 Å². The molecule has 1 aromatic heterocycles. The molecule has 0 saturated heterocycles. The van der Waals surface area contributed by atoms with Gasteiger partial charge in [-0.2, -0.15) is 0 Å². The highest BCUT2D eigenvalue weighted by Crippen LogP contribution is 2.29. The van der Waals surface area contributed by atoms with E-state index in [1.54, 1.807) is 0 Å². The number of hydrogen-bond donors (Lipinski definition) is 2. The number of aromatic nitrogens is 1. The lowest BCUT2D eigenvalue weighted by molar-refractivity contribution is 0.576. The van der Waals surface area contributed by atoms with Crippen molar-refractivity contribution in [2.24, 2.45) is 5.92 Å². The summed E-state index contributed by atoms with van der Waals surface area (Å²) in [6.07, 6.45) is 5.26. The summed E-state index contributed by atoms with van der Waals surface area (Å²) in [5, 5.41) is 5.47. The van der Waals surface area contributed by atoms with Crippen LogP contribution in [0.25, 0.3) is 10.9 Å². The standard InChI is InChI=1S/C17H21ClN2.C2H6/c1-11-7-17-14(9-16(11)18)8-15(20-17)10-19-12(2)13-5-3-4-6-13;1-2/h7-9,13,19-20H,2-6,10H2,1H3;1-2H3. The van der Waals surface area contributed by atoms with Gasteiger partial charge in [-0.1, -0.05) is 44.9 Å². The van der Waals surface area contributed by atoms with Gasteiger partial charge >= 0.3 is 0 Å². The van der Waals surface area contributed by atoms with Crippen LogP contribution in [-0.2, 0) is 6.54 Å². The lowest BCUT2D eigenvalue weighted by Crippen LogP contribution is -2.17. The summed E-state index contributed by atoms with van der Waals surface area (Å²) < 4.78 is 0. The highest BCUT2D eigenvalue weighted by molar-refractivity contribution is 6.32. The highest BCUT2D eigenvalue weighted by Gasteiger charge is 2.17. The van der Waals surface area contributed by atoms with Gasteiger partial charge in [0.15, 0.2) is 0 Å². The molecule has 22 heavy (non-hydrogen) atoms. The van der Waals surface area contributed by atoms with Crippen LogP contribution in [0.1, 0.15) is 50.8 Å². The van der Waals surface area contributed by atoms with Gasteiger partial charge in [-0.15, -0.1) is 0 Å². The Labute approximate surface area is 139 Å². The molecule has 0 amide bonds. The summed E-state index contributed by atoms with van der Waals surface area (Å²) in [4.78, 5) is 3.45. The predicted molar refractivity (Wildman–Crippen MR) is 97.3 cm³/mol. The second-order valence-electron chi connectivity index (χ2n) is 5.84. The maximum atomic E-state index is 6.17. The smallest absolute Gasteiger partial charge is 0.0548 e. The average Bonchev–Trinajstić information content (AvgIpc) is 3.17. The zero-order valence-electron chi connectivity index (χ0n) is 13.9. The van der Waals surface area contributed by atoms with Crippen LogP contribution in [0.4, 0.5) is 0 Å². The second-order valence-corrected chi connectivity index (χ2v) is 6.25. The van der Waals surface area contributed by atoms with Crippen molar-refractivity contribution >= 4 is 22.5 Å². The van der Waals surface area contributed by atoms with Crippen molar-refractivity contribution < 1.29 is 0 Å². The van der Waals surface area contributed by atoms with Gasteiger partial charge in [-0.05, 0) is 49.4 Å². The Kier molecular flexibility index (Phi) is 5.96. The fraction of sp³-hybridized carbons (Fsp3) is 0.474. The Balaban J connectivity index is 0.000000847. The summed E-state index contributed by atoms with van der Waals surface area (Å²) in [5.74, 6) is 0.663. The third-order valence-corrected chi connectivity index (χ3v) is 4.72. The molecular formula is C19H27ClN2. The minimum atomic E-state index is 0.663. The molecule has 2 nitrogen and oxygen atoms in total. The van der Waals surface area contributed by atoms with Gasteiger partial charge in [-0.25, -0.2) is 0 Å². The van der Waals surface area contributed by atoms with Crippen molar-refractivity contribution in [2.45, 2.75) is 53.0 Å². The number of rotatable bonds is 4. The van der Waals surface area contributed by atoms with Crippen molar-refractivity contribution in [1.82, 2.24) is 10.3 Å². The molecule has 3 rings (SSSR count). The van der Waals surface area contributed by atoms with E-state index in [-0.39, 0.29) is 0 Å². The van der Waals surface area contributed by atoms with Gasteiger partial charge in [0.25, 0.3) is 0 Å². The molecule has 0 bridgehead atoms. The van der Waals surface area contributed by atoms with E-state index in [1.165, 1.54) is 42.5 Å². The van der Waals surface area contributed by atoms with Crippen LogP contribution in [0.5, 0.6) is 0 Å². The number of aromatic amines is 1. The van der Waals surface area contributed by atoms with Gasteiger partial charge in [0, 0.05) is 27.3 Å². The monoisotopic (exact) mass is 318 g/mol. The number of aryl methyl sites for hydroxylation is 1. The van der Waals surface area contributed by atoms with Gasteiger partial charge < -0.3 is 10.3 Å². The number of halogens is 1. The molecule has 0 atom stereocenters. The molecule has 1 fully saturated rings. The third kappa shape index (κ3) is 3.86. The number of hydrogen-bond acceptors (Lipinski definition) is 1. The molecule has 2 N–H and O–H groups in total. The number of allylic oxidation sites excluding steroid dienone is 1. The molecular weight excluding hydrogens is 292 g/mol. The maximum absolute atomic E-state index is 6.17. The second kappa shape index (κ2) is 7.73. The largest absolute Gasteiger partial charge is 0.383 e. The Bertz CT molecular complexity index is 597. The van der Waals surface area contributed by atoms with E-state index in [2.05, 4.69) is 29.0 Å². The van der Waals surface area contributed by atoms with Crippen molar-refractivity contribution in [2.75, 3.05) is 0 Å². The highest BCUT2D eigenvalue weighted by atomic mass is 35.5. The quantitative estimate of drug-likeness (QED) is 0.716. The molecule has 1 aliphatic rings. The topological polar surface area (TPSA) is 27.8 Å². The van der Waals surface area contributed by atoms with Crippen molar-refractivity contribution in [3.63, 3.8) is 0 Å². The first-order valence-electron chi connectivity index (χ1n) is 8.34. The van der Waals surface area contributed by atoms with Crippen molar-refractivity contribution in [3.05, 3.63) is 46.8 Å². The lowest BCUT2D eigenvalue weighted by Gasteiger charge is -2.14. The first kappa shape index (κ1) is 17.0. The van der Waals surface area contributed by atoms with E-state index in [0.29, 0.717) is 5.92 Å². The molecule has 0 spiro atoms. The van der Waals surface area contributed by atoms with E-state index < -0.39 is 0 Å².